The predicted octanol–water partition coefficient (Wildman–Crippen LogP) is 1.09. The van der Waals surface area contributed by atoms with Gasteiger partial charge in [0, 0.05) is 16.9 Å². The average molecular weight is 131 g/mol. The maximum absolute atomic E-state index is 5.57. The van der Waals surface area contributed by atoms with E-state index in [-0.39, 0.29) is 0 Å². The second-order valence-electron chi connectivity index (χ2n) is 2.55. The van der Waals surface area contributed by atoms with Gasteiger partial charge in [0.15, 0.2) is 0 Å². The molecule has 0 aromatic rings. The fraction of sp³-hybridized carbons (Fsp3) is 1.00. The SMILES string of the molecule is CCC1(CN)CSC1. The molecule has 48 valence electrons. The van der Waals surface area contributed by atoms with E-state index in [1.807, 2.05) is 11.8 Å². The molecule has 0 unspecified atom stereocenters. The van der Waals surface area contributed by atoms with Crippen molar-refractivity contribution in [3.8, 4) is 0 Å². The third-order valence-corrected chi connectivity index (χ3v) is 3.63. The fourth-order valence-electron chi connectivity index (χ4n) is 0.857. The maximum Gasteiger partial charge on any atom is 0.000932 e. The molecule has 0 aromatic heterocycles. The lowest BCUT2D eigenvalue weighted by Crippen LogP contribution is -2.41. The minimum absolute atomic E-state index is 0.546. The van der Waals surface area contributed by atoms with Gasteiger partial charge in [-0.2, -0.15) is 11.8 Å². The number of hydrogen-bond donors (Lipinski definition) is 1. The van der Waals surface area contributed by atoms with Crippen molar-refractivity contribution in [1.82, 2.24) is 0 Å². The Labute approximate surface area is 55.0 Å². The molecular formula is C6H13NS. The smallest absolute Gasteiger partial charge is 0.000932 e. The zero-order valence-electron chi connectivity index (χ0n) is 5.31. The number of nitrogens with two attached hydrogens (primary N) is 1. The van der Waals surface area contributed by atoms with Gasteiger partial charge in [-0.1, -0.05) is 6.92 Å². The molecule has 0 bridgehead atoms. The van der Waals surface area contributed by atoms with E-state index < -0.39 is 0 Å². The van der Waals surface area contributed by atoms with Crippen molar-refractivity contribution in [3.05, 3.63) is 0 Å². The first-order valence-corrected chi connectivity index (χ1v) is 4.26. The second kappa shape index (κ2) is 2.28. The monoisotopic (exact) mass is 131 g/mol. The summed E-state index contributed by atoms with van der Waals surface area (Å²) in [5.41, 5.74) is 6.11. The molecule has 0 aliphatic carbocycles. The fourth-order valence-corrected chi connectivity index (χ4v) is 2.28. The molecule has 0 amide bonds. The Hall–Kier alpha value is 0.310. The normalized spacial score (nSPS) is 24.8. The van der Waals surface area contributed by atoms with Crippen molar-refractivity contribution in [2.45, 2.75) is 13.3 Å². The average Bonchev–Trinajstić information content (AvgIpc) is 1.67. The van der Waals surface area contributed by atoms with Gasteiger partial charge in [-0.15, -0.1) is 0 Å². The van der Waals surface area contributed by atoms with E-state index in [1.54, 1.807) is 0 Å². The van der Waals surface area contributed by atoms with Crippen molar-refractivity contribution in [1.29, 1.82) is 0 Å². The summed E-state index contributed by atoms with van der Waals surface area (Å²) in [6, 6.07) is 0. The molecule has 8 heavy (non-hydrogen) atoms. The second-order valence-corrected chi connectivity index (χ2v) is 3.54. The molecule has 0 radical (unpaired) electrons. The minimum Gasteiger partial charge on any atom is -0.330 e. The molecule has 0 atom stereocenters. The third kappa shape index (κ3) is 0.869. The van der Waals surface area contributed by atoms with Crippen molar-refractivity contribution in [2.24, 2.45) is 11.1 Å². The van der Waals surface area contributed by atoms with Gasteiger partial charge in [0.2, 0.25) is 0 Å². The molecule has 1 saturated heterocycles. The van der Waals surface area contributed by atoms with Crippen molar-refractivity contribution >= 4 is 11.8 Å². The molecule has 0 spiro atoms. The zero-order valence-corrected chi connectivity index (χ0v) is 6.13. The topological polar surface area (TPSA) is 26.0 Å². The van der Waals surface area contributed by atoms with Crippen LogP contribution in [0, 0.1) is 5.41 Å². The van der Waals surface area contributed by atoms with Crippen molar-refractivity contribution in [2.75, 3.05) is 18.1 Å². The molecule has 1 aliphatic heterocycles. The van der Waals surface area contributed by atoms with Crippen LogP contribution in [0.5, 0.6) is 0 Å². The summed E-state index contributed by atoms with van der Waals surface area (Å²) in [7, 11) is 0. The van der Waals surface area contributed by atoms with Crippen LogP contribution in [0.2, 0.25) is 0 Å². The number of thioether (sulfide) groups is 1. The molecule has 1 fully saturated rings. The van der Waals surface area contributed by atoms with E-state index >= 15 is 0 Å². The maximum atomic E-state index is 5.57. The molecule has 0 aromatic carbocycles. The van der Waals surface area contributed by atoms with Crippen molar-refractivity contribution < 1.29 is 0 Å². The first kappa shape index (κ1) is 6.43. The quantitative estimate of drug-likeness (QED) is 0.607. The van der Waals surface area contributed by atoms with Crippen LogP contribution < -0.4 is 5.73 Å². The molecule has 2 heteroatoms. The summed E-state index contributed by atoms with van der Waals surface area (Å²) in [5.74, 6) is 2.58. The molecule has 1 aliphatic rings. The summed E-state index contributed by atoms with van der Waals surface area (Å²) < 4.78 is 0. The standard InChI is InChI=1S/C6H13NS/c1-2-6(3-7)4-8-5-6/h2-5,7H2,1H3. The molecule has 1 rings (SSSR count). The van der Waals surface area contributed by atoms with Gasteiger partial charge in [-0.05, 0) is 13.0 Å². The van der Waals surface area contributed by atoms with Crippen LogP contribution in [0.3, 0.4) is 0 Å². The molecule has 1 heterocycles. The predicted molar refractivity (Wildman–Crippen MR) is 39.1 cm³/mol. The lowest BCUT2D eigenvalue weighted by molar-refractivity contribution is 0.359. The van der Waals surface area contributed by atoms with Crippen LogP contribution in [-0.4, -0.2) is 18.1 Å². The highest BCUT2D eigenvalue weighted by atomic mass is 32.2. The van der Waals surface area contributed by atoms with Crippen LogP contribution in [0.4, 0.5) is 0 Å². The van der Waals surface area contributed by atoms with Gasteiger partial charge in [0.05, 0.1) is 0 Å². The highest BCUT2D eigenvalue weighted by Crippen LogP contribution is 2.39. The molecule has 1 nitrogen and oxygen atoms in total. The third-order valence-electron chi connectivity index (χ3n) is 2.00. The number of hydrogen-bond acceptors (Lipinski definition) is 2. The molecule has 2 N–H and O–H groups in total. The Morgan fingerprint density at radius 3 is 2.25 bits per heavy atom. The molecule has 0 saturated carbocycles. The van der Waals surface area contributed by atoms with Crippen molar-refractivity contribution in [3.63, 3.8) is 0 Å². The summed E-state index contributed by atoms with van der Waals surface area (Å²) in [4.78, 5) is 0. The summed E-state index contributed by atoms with van der Waals surface area (Å²) in [6.45, 7) is 3.11. The van der Waals surface area contributed by atoms with Gasteiger partial charge in [0.1, 0.15) is 0 Å². The lowest BCUT2D eigenvalue weighted by Gasteiger charge is -2.39. The van der Waals surface area contributed by atoms with E-state index in [2.05, 4.69) is 6.92 Å². The first-order valence-electron chi connectivity index (χ1n) is 3.11. The Balaban J connectivity index is 2.33. The number of rotatable bonds is 2. The van der Waals surface area contributed by atoms with Crippen LogP contribution in [0.1, 0.15) is 13.3 Å². The van der Waals surface area contributed by atoms with E-state index in [9.17, 15) is 0 Å². The highest BCUT2D eigenvalue weighted by Gasteiger charge is 2.33. The van der Waals surface area contributed by atoms with E-state index in [4.69, 9.17) is 5.73 Å². The molecular weight excluding hydrogens is 118 g/mol. The van der Waals surface area contributed by atoms with Gasteiger partial charge >= 0.3 is 0 Å². The Morgan fingerprint density at radius 1 is 1.62 bits per heavy atom. The van der Waals surface area contributed by atoms with Crippen LogP contribution in [0.25, 0.3) is 0 Å². The summed E-state index contributed by atoms with van der Waals surface area (Å²) in [5, 5.41) is 0. The Bertz CT molecular complexity index is 65.1. The lowest BCUT2D eigenvalue weighted by atomic mass is 9.89. The van der Waals surface area contributed by atoms with Gasteiger partial charge in [-0.3, -0.25) is 0 Å². The highest BCUT2D eigenvalue weighted by molar-refractivity contribution is 8.00. The van der Waals surface area contributed by atoms with E-state index in [1.165, 1.54) is 17.9 Å². The largest absolute Gasteiger partial charge is 0.330 e. The van der Waals surface area contributed by atoms with Gasteiger partial charge in [0.25, 0.3) is 0 Å². The van der Waals surface area contributed by atoms with Crippen LogP contribution >= 0.6 is 11.8 Å². The van der Waals surface area contributed by atoms with Crippen LogP contribution in [-0.2, 0) is 0 Å². The van der Waals surface area contributed by atoms with Crippen LogP contribution in [0.15, 0.2) is 0 Å². The van der Waals surface area contributed by atoms with E-state index in [0.717, 1.165) is 6.54 Å². The van der Waals surface area contributed by atoms with E-state index in [0.29, 0.717) is 5.41 Å². The Kier molecular flexibility index (Phi) is 1.83. The van der Waals surface area contributed by atoms with Gasteiger partial charge < -0.3 is 5.73 Å². The minimum atomic E-state index is 0.546. The Morgan fingerprint density at radius 2 is 2.25 bits per heavy atom. The zero-order chi connectivity index (χ0) is 6.04. The van der Waals surface area contributed by atoms with Gasteiger partial charge in [-0.25, -0.2) is 0 Å². The summed E-state index contributed by atoms with van der Waals surface area (Å²) >= 11 is 2.01. The summed E-state index contributed by atoms with van der Waals surface area (Å²) in [6.07, 6.45) is 1.26. The first-order chi connectivity index (χ1) is 3.83.